The van der Waals surface area contributed by atoms with Crippen molar-refractivity contribution in [1.82, 2.24) is 10.1 Å². The van der Waals surface area contributed by atoms with E-state index in [1.165, 1.54) is 0 Å². The van der Waals surface area contributed by atoms with Crippen LogP contribution in [0.25, 0.3) is 0 Å². The van der Waals surface area contributed by atoms with Gasteiger partial charge in [-0.15, -0.1) is 12.4 Å². The third kappa shape index (κ3) is 2.65. The summed E-state index contributed by atoms with van der Waals surface area (Å²) in [6, 6.07) is 0. The Bertz CT molecular complexity index is 362. The minimum absolute atomic E-state index is 0. The fraction of sp³-hybridized carbons (Fsp3) is 0.750. The van der Waals surface area contributed by atoms with Gasteiger partial charge in [-0.1, -0.05) is 5.16 Å². The van der Waals surface area contributed by atoms with E-state index in [-0.39, 0.29) is 18.2 Å². The summed E-state index contributed by atoms with van der Waals surface area (Å²) in [6.07, 6.45) is -3.20. The molecular formula is C8H11ClF3N3O. The highest BCUT2D eigenvalue weighted by atomic mass is 35.5. The van der Waals surface area contributed by atoms with Crippen molar-refractivity contribution in [3.8, 4) is 0 Å². The zero-order chi connectivity index (χ0) is 11.1. The van der Waals surface area contributed by atoms with Crippen molar-refractivity contribution in [2.24, 2.45) is 5.73 Å². The molecule has 4 nitrogen and oxygen atoms in total. The molecule has 1 saturated carbocycles. The van der Waals surface area contributed by atoms with Gasteiger partial charge in [-0.2, -0.15) is 18.2 Å². The van der Waals surface area contributed by atoms with Crippen LogP contribution in [0.5, 0.6) is 0 Å². The molecule has 0 aliphatic heterocycles. The van der Waals surface area contributed by atoms with Crippen LogP contribution in [-0.4, -0.2) is 16.3 Å². The molecule has 1 aromatic rings. The third-order valence-corrected chi connectivity index (χ3v) is 2.51. The summed E-state index contributed by atoms with van der Waals surface area (Å²) in [6.45, 7) is 0. The summed E-state index contributed by atoms with van der Waals surface area (Å²) in [5.74, 6) is -0.234. The third-order valence-electron chi connectivity index (χ3n) is 2.51. The summed E-state index contributed by atoms with van der Waals surface area (Å²) < 4.78 is 40.5. The van der Waals surface area contributed by atoms with Crippen LogP contribution >= 0.6 is 12.4 Å². The van der Waals surface area contributed by atoms with E-state index in [1.807, 2.05) is 0 Å². The van der Waals surface area contributed by atoms with Crippen LogP contribution in [0.15, 0.2) is 4.52 Å². The summed E-state index contributed by atoms with van der Waals surface area (Å²) in [7, 11) is 0. The quantitative estimate of drug-likeness (QED) is 0.879. The highest BCUT2D eigenvalue weighted by Crippen LogP contribution is 2.37. The molecule has 0 amide bonds. The van der Waals surface area contributed by atoms with Crippen LogP contribution in [0, 0.1) is 0 Å². The topological polar surface area (TPSA) is 64.9 Å². The van der Waals surface area contributed by atoms with Gasteiger partial charge >= 0.3 is 6.18 Å². The Morgan fingerprint density at radius 1 is 1.38 bits per heavy atom. The standard InChI is InChI=1S/C8H10F3N3O.ClH/c9-8(10,11)4-5-13-6(14-15-5)7(12)2-1-3-7;/h1-4,12H2;1H. The molecule has 1 aliphatic rings. The van der Waals surface area contributed by atoms with Gasteiger partial charge in [-0.3, -0.25) is 0 Å². The van der Waals surface area contributed by atoms with E-state index in [0.717, 1.165) is 6.42 Å². The van der Waals surface area contributed by atoms with Crippen molar-refractivity contribution in [2.75, 3.05) is 0 Å². The predicted octanol–water partition coefficient (Wildman–Crippen LogP) is 1.93. The Morgan fingerprint density at radius 3 is 2.44 bits per heavy atom. The maximum absolute atomic E-state index is 12.0. The Labute approximate surface area is 95.8 Å². The van der Waals surface area contributed by atoms with E-state index >= 15 is 0 Å². The van der Waals surface area contributed by atoms with Crippen LogP contribution in [0.3, 0.4) is 0 Å². The molecule has 0 atom stereocenters. The van der Waals surface area contributed by atoms with Gasteiger partial charge in [0.15, 0.2) is 5.82 Å². The second-order valence-electron chi connectivity index (χ2n) is 3.81. The molecule has 2 N–H and O–H groups in total. The summed E-state index contributed by atoms with van der Waals surface area (Å²) in [5, 5.41) is 3.48. The largest absolute Gasteiger partial charge is 0.397 e. The van der Waals surface area contributed by atoms with E-state index in [0.29, 0.717) is 12.8 Å². The second kappa shape index (κ2) is 4.21. The van der Waals surface area contributed by atoms with Crippen molar-refractivity contribution >= 4 is 12.4 Å². The van der Waals surface area contributed by atoms with Crippen LogP contribution < -0.4 is 5.73 Å². The first kappa shape index (κ1) is 13.2. The number of nitrogens with zero attached hydrogens (tertiary/aromatic N) is 2. The first-order chi connectivity index (χ1) is 6.89. The minimum Gasteiger partial charge on any atom is -0.339 e. The summed E-state index contributed by atoms with van der Waals surface area (Å²) in [4.78, 5) is 3.67. The molecule has 0 aromatic carbocycles. The molecule has 0 radical (unpaired) electrons. The molecule has 1 heterocycles. The average Bonchev–Trinajstić information content (AvgIpc) is 2.45. The Morgan fingerprint density at radius 2 is 2.00 bits per heavy atom. The molecule has 1 fully saturated rings. The van der Waals surface area contributed by atoms with Crippen LogP contribution in [-0.2, 0) is 12.0 Å². The number of rotatable bonds is 2. The molecular weight excluding hydrogens is 247 g/mol. The van der Waals surface area contributed by atoms with Gasteiger partial charge < -0.3 is 10.3 Å². The van der Waals surface area contributed by atoms with Crippen molar-refractivity contribution in [1.29, 1.82) is 0 Å². The molecule has 0 unspecified atom stereocenters. The van der Waals surface area contributed by atoms with Gasteiger partial charge in [-0.05, 0) is 19.3 Å². The second-order valence-corrected chi connectivity index (χ2v) is 3.81. The van der Waals surface area contributed by atoms with Gasteiger partial charge in [0, 0.05) is 0 Å². The first-order valence-electron chi connectivity index (χ1n) is 4.58. The van der Waals surface area contributed by atoms with E-state index in [1.54, 1.807) is 0 Å². The van der Waals surface area contributed by atoms with Crippen LogP contribution in [0.4, 0.5) is 13.2 Å². The van der Waals surface area contributed by atoms with E-state index in [9.17, 15) is 13.2 Å². The van der Waals surface area contributed by atoms with Crippen LogP contribution in [0.1, 0.15) is 31.0 Å². The van der Waals surface area contributed by atoms with Gasteiger partial charge in [0.05, 0.1) is 5.54 Å². The molecule has 8 heteroatoms. The fourth-order valence-corrected chi connectivity index (χ4v) is 1.48. The lowest BCUT2D eigenvalue weighted by Crippen LogP contribution is -2.44. The molecule has 2 rings (SSSR count). The smallest absolute Gasteiger partial charge is 0.339 e. The molecule has 16 heavy (non-hydrogen) atoms. The zero-order valence-electron chi connectivity index (χ0n) is 8.25. The van der Waals surface area contributed by atoms with Crippen molar-refractivity contribution in [3.05, 3.63) is 11.7 Å². The number of hydrogen-bond acceptors (Lipinski definition) is 4. The normalized spacial score (nSPS) is 18.8. The molecule has 0 saturated heterocycles. The van der Waals surface area contributed by atoms with Crippen molar-refractivity contribution in [3.63, 3.8) is 0 Å². The SMILES string of the molecule is Cl.NC1(c2noc(CC(F)(F)F)n2)CCC1. The number of nitrogens with two attached hydrogens (primary N) is 1. The molecule has 1 aliphatic carbocycles. The first-order valence-corrected chi connectivity index (χ1v) is 4.58. The van der Waals surface area contributed by atoms with E-state index in [2.05, 4.69) is 14.7 Å². The average molecular weight is 258 g/mol. The monoisotopic (exact) mass is 257 g/mol. The lowest BCUT2D eigenvalue weighted by Gasteiger charge is -2.34. The van der Waals surface area contributed by atoms with Crippen molar-refractivity contribution < 1.29 is 17.7 Å². The Kier molecular flexibility index (Phi) is 3.49. The number of aromatic nitrogens is 2. The molecule has 1 aromatic heterocycles. The lowest BCUT2D eigenvalue weighted by molar-refractivity contribution is -0.131. The minimum atomic E-state index is -4.33. The van der Waals surface area contributed by atoms with E-state index < -0.39 is 24.0 Å². The molecule has 92 valence electrons. The van der Waals surface area contributed by atoms with E-state index in [4.69, 9.17) is 5.73 Å². The van der Waals surface area contributed by atoms with Crippen LogP contribution in [0.2, 0.25) is 0 Å². The Balaban J connectivity index is 0.00000128. The van der Waals surface area contributed by atoms with Crippen molar-refractivity contribution in [2.45, 2.75) is 37.4 Å². The number of hydrogen-bond donors (Lipinski definition) is 1. The fourth-order valence-electron chi connectivity index (χ4n) is 1.48. The maximum Gasteiger partial charge on any atom is 0.397 e. The molecule has 0 bridgehead atoms. The molecule has 0 spiro atoms. The highest BCUT2D eigenvalue weighted by molar-refractivity contribution is 5.85. The number of halogens is 4. The summed E-state index contributed by atoms with van der Waals surface area (Å²) in [5.41, 5.74) is 5.16. The Hall–Kier alpha value is -0.820. The lowest BCUT2D eigenvalue weighted by atomic mass is 9.77. The van der Waals surface area contributed by atoms with Gasteiger partial charge in [0.25, 0.3) is 0 Å². The zero-order valence-corrected chi connectivity index (χ0v) is 9.07. The van der Waals surface area contributed by atoms with Gasteiger partial charge in [0.1, 0.15) is 6.42 Å². The van der Waals surface area contributed by atoms with Gasteiger partial charge in [-0.25, -0.2) is 0 Å². The van der Waals surface area contributed by atoms with Gasteiger partial charge in [0.2, 0.25) is 5.89 Å². The predicted molar refractivity (Wildman–Crippen MR) is 51.0 cm³/mol. The maximum atomic E-state index is 12.0. The summed E-state index contributed by atoms with van der Waals surface area (Å²) >= 11 is 0. The number of alkyl halides is 3. The highest BCUT2D eigenvalue weighted by Gasteiger charge is 2.40.